The number of nitrogens with zero attached hydrogens (tertiary/aromatic N) is 1. The second kappa shape index (κ2) is 9.58. The van der Waals surface area contributed by atoms with E-state index in [1.807, 2.05) is 54.6 Å². The summed E-state index contributed by atoms with van der Waals surface area (Å²) >= 11 is 0. The van der Waals surface area contributed by atoms with E-state index in [0.29, 0.717) is 24.3 Å². The topological polar surface area (TPSA) is 87.1 Å². The van der Waals surface area contributed by atoms with Gasteiger partial charge in [0.05, 0.1) is 12.0 Å². The fraction of sp³-hybridized carbons (Fsp3) is 0.300. The lowest BCUT2D eigenvalue weighted by Gasteiger charge is -2.24. The van der Waals surface area contributed by atoms with E-state index in [0.717, 1.165) is 17.1 Å². The van der Waals surface area contributed by atoms with E-state index in [9.17, 15) is 19.9 Å². The van der Waals surface area contributed by atoms with Crippen LogP contribution in [0.2, 0.25) is 0 Å². The fourth-order valence-corrected chi connectivity index (χ4v) is 2.73. The van der Waals surface area contributed by atoms with Crippen molar-refractivity contribution in [1.29, 1.82) is 0 Å². The third-order valence-corrected chi connectivity index (χ3v) is 4.31. The summed E-state index contributed by atoms with van der Waals surface area (Å²) in [7, 11) is 0. The van der Waals surface area contributed by atoms with Crippen LogP contribution < -0.4 is 4.74 Å². The molecule has 0 saturated carbocycles. The summed E-state index contributed by atoms with van der Waals surface area (Å²) < 4.78 is 5.73. The van der Waals surface area contributed by atoms with Crippen molar-refractivity contribution in [2.75, 3.05) is 0 Å². The Hall–Kier alpha value is -2.86. The zero-order chi connectivity index (χ0) is 18.9. The molecule has 0 aromatic heterocycles. The molecule has 2 aromatic rings. The summed E-state index contributed by atoms with van der Waals surface area (Å²) in [6.45, 7) is 1.52. The molecule has 0 radical (unpaired) electrons. The van der Waals surface area contributed by atoms with Gasteiger partial charge in [0, 0.05) is 0 Å². The number of carboxylic acid groups (broad SMARTS) is 1. The average Bonchev–Trinajstić information content (AvgIpc) is 2.66. The lowest BCUT2D eigenvalue weighted by molar-refractivity contribution is -0.170. The van der Waals surface area contributed by atoms with Crippen molar-refractivity contribution in [1.82, 2.24) is 5.06 Å². The molecule has 0 spiro atoms. The lowest BCUT2D eigenvalue weighted by atomic mass is 9.93. The smallest absolute Gasteiger partial charge is 0.308 e. The number of hydrogen-bond acceptors (Lipinski definition) is 4. The maximum absolute atomic E-state index is 11.4. The van der Waals surface area contributed by atoms with Gasteiger partial charge in [0.25, 0.3) is 0 Å². The SMILES string of the molecule is CC(C(CCCc1ccc(Oc2ccccc2)cc1)C(=O)O)N(O)C=O. The average molecular weight is 357 g/mol. The van der Waals surface area contributed by atoms with Crippen LogP contribution in [-0.4, -0.2) is 33.8 Å². The van der Waals surface area contributed by atoms with Crippen molar-refractivity contribution in [3.63, 3.8) is 0 Å². The van der Waals surface area contributed by atoms with E-state index in [4.69, 9.17) is 4.74 Å². The highest BCUT2D eigenvalue weighted by atomic mass is 16.5. The molecule has 0 aliphatic carbocycles. The number of hydroxylamine groups is 2. The number of aliphatic carboxylic acids is 1. The monoisotopic (exact) mass is 357 g/mol. The predicted octanol–water partition coefficient (Wildman–Crippen LogP) is 3.74. The number of carboxylic acids is 1. The van der Waals surface area contributed by atoms with E-state index in [2.05, 4.69) is 0 Å². The van der Waals surface area contributed by atoms with E-state index >= 15 is 0 Å². The number of amides is 1. The number of para-hydroxylation sites is 1. The Labute approximate surface area is 152 Å². The first-order valence-corrected chi connectivity index (χ1v) is 8.48. The fourth-order valence-electron chi connectivity index (χ4n) is 2.73. The van der Waals surface area contributed by atoms with Crippen molar-refractivity contribution >= 4 is 12.4 Å². The molecule has 0 aliphatic rings. The van der Waals surface area contributed by atoms with Crippen LogP contribution in [-0.2, 0) is 16.0 Å². The number of aryl methyl sites for hydroxylation is 1. The highest BCUT2D eigenvalue weighted by molar-refractivity contribution is 5.71. The Balaban J connectivity index is 1.86. The molecule has 0 fully saturated rings. The van der Waals surface area contributed by atoms with Crippen LogP contribution in [0.4, 0.5) is 0 Å². The van der Waals surface area contributed by atoms with Crippen LogP contribution in [0.3, 0.4) is 0 Å². The molecule has 6 heteroatoms. The first-order chi connectivity index (χ1) is 12.5. The summed E-state index contributed by atoms with van der Waals surface area (Å²) in [5.41, 5.74) is 1.07. The van der Waals surface area contributed by atoms with Crippen LogP contribution in [0.1, 0.15) is 25.3 Å². The van der Waals surface area contributed by atoms with Crippen LogP contribution in [0, 0.1) is 5.92 Å². The molecule has 26 heavy (non-hydrogen) atoms. The predicted molar refractivity (Wildman–Crippen MR) is 96.2 cm³/mol. The minimum absolute atomic E-state index is 0.228. The molecule has 2 unspecified atom stereocenters. The molecule has 0 aliphatic heterocycles. The maximum Gasteiger partial charge on any atom is 0.308 e. The first kappa shape index (κ1) is 19.5. The van der Waals surface area contributed by atoms with Crippen molar-refractivity contribution in [2.24, 2.45) is 5.92 Å². The van der Waals surface area contributed by atoms with Crippen molar-refractivity contribution < 1.29 is 24.6 Å². The molecule has 2 N–H and O–H groups in total. The highest BCUT2D eigenvalue weighted by Crippen LogP contribution is 2.22. The third kappa shape index (κ3) is 5.60. The maximum atomic E-state index is 11.4. The van der Waals surface area contributed by atoms with Gasteiger partial charge in [-0.05, 0) is 56.0 Å². The lowest BCUT2D eigenvalue weighted by Crippen LogP contribution is -2.39. The second-order valence-corrected chi connectivity index (χ2v) is 6.12. The third-order valence-electron chi connectivity index (χ3n) is 4.31. The molecule has 6 nitrogen and oxygen atoms in total. The largest absolute Gasteiger partial charge is 0.481 e. The molecule has 138 valence electrons. The van der Waals surface area contributed by atoms with E-state index < -0.39 is 17.9 Å². The number of hydrogen-bond donors (Lipinski definition) is 2. The van der Waals surface area contributed by atoms with Crippen molar-refractivity contribution in [2.45, 2.75) is 32.2 Å². The number of carbonyl (C=O) groups excluding carboxylic acids is 1. The Morgan fingerprint density at radius 3 is 2.31 bits per heavy atom. The Morgan fingerprint density at radius 2 is 1.73 bits per heavy atom. The quantitative estimate of drug-likeness (QED) is 0.384. The van der Waals surface area contributed by atoms with Crippen LogP contribution in [0.25, 0.3) is 0 Å². The number of carbonyl (C=O) groups is 2. The van der Waals surface area contributed by atoms with E-state index in [1.165, 1.54) is 6.92 Å². The molecular weight excluding hydrogens is 334 g/mol. The van der Waals surface area contributed by atoms with Gasteiger partial charge >= 0.3 is 5.97 Å². The van der Waals surface area contributed by atoms with Gasteiger partial charge in [0.1, 0.15) is 11.5 Å². The summed E-state index contributed by atoms with van der Waals surface area (Å²) in [4.78, 5) is 22.0. The van der Waals surface area contributed by atoms with Gasteiger partial charge in [0.15, 0.2) is 0 Å². The molecule has 2 rings (SSSR count). The summed E-state index contributed by atoms with van der Waals surface area (Å²) in [5, 5.41) is 19.1. The zero-order valence-electron chi connectivity index (χ0n) is 14.6. The Bertz CT molecular complexity index is 702. The standard InChI is InChI=1S/C20H23NO5/c1-15(21(25)14-22)19(20(23)24)9-5-6-16-10-12-18(13-11-16)26-17-7-3-2-4-8-17/h2-4,7-8,10-15,19,25H,5-6,9H2,1H3,(H,23,24). The minimum atomic E-state index is -1.02. The van der Waals surface area contributed by atoms with Gasteiger partial charge < -0.3 is 9.84 Å². The minimum Gasteiger partial charge on any atom is -0.481 e. The number of benzene rings is 2. The number of ether oxygens (including phenoxy) is 1. The van der Waals surface area contributed by atoms with Crippen molar-refractivity contribution in [3.8, 4) is 11.5 Å². The number of rotatable bonds is 10. The first-order valence-electron chi connectivity index (χ1n) is 8.48. The van der Waals surface area contributed by atoms with Gasteiger partial charge in [-0.25, -0.2) is 5.06 Å². The van der Waals surface area contributed by atoms with Gasteiger partial charge in [-0.2, -0.15) is 0 Å². The molecule has 0 saturated heterocycles. The summed E-state index contributed by atoms with van der Waals surface area (Å²) in [6.07, 6.45) is 1.93. The van der Waals surface area contributed by atoms with Gasteiger partial charge in [0.2, 0.25) is 6.41 Å². The molecule has 0 bridgehead atoms. The molecule has 2 atom stereocenters. The van der Waals surface area contributed by atoms with Gasteiger partial charge in [-0.3, -0.25) is 14.8 Å². The van der Waals surface area contributed by atoms with Crippen molar-refractivity contribution in [3.05, 3.63) is 60.2 Å². The molecular formula is C20H23NO5. The molecule has 2 aromatic carbocycles. The van der Waals surface area contributed by atoms with Crippen LogP contribution >= 0.6 is 0 Å². The Kier molecular flexibility index (Phi) is 7.17. The normalized spacial score (nSPS) is 12.8. The summed E-state index contributed by atoms with van der Waals surface area (Å²) in [6, 6.07) is 16.4. The second-order valence-electron chi connectivity index (χ2n) is 6.12. The van der Waals surface area contributed by atoms with Gasteiger partial charge in [-0.15, -0.1) is 0 Å². The molecule has 0 heterocycles. The van der Waals surface area contributed by atoms with Crippen LogP contribution in [0.15, 0.2) is 54.6 Å². The Morgan fingerprint density at radius 1 is 1.12 bits per heavy atom. The summed E-state index contributed by atoms with van der Waals surface area (Å²) in [5.74, 6) is -0.336. The van der Waals surface area contributed by atoms with Crippen LogP contribution in [0.5, 0.6) is 11.5 Å². The van der Waals surface area contributed by atoms with E-state index in [-0.39, 0.29) is 6.41 Å². The van der Waals surface area contributed by atoms with Gasteiger partial charge in [-0.1, -0.05) is 30.3 Å². The van der Waals surface area contributed by atoms with E-state index in [1.54, 1.807) is 0 Å². The molecule has 1 amide bonds. The zero-order valence-corrected chi connectivity index (χ0v) is 14.6. The highest BCUT2D eigenvalue weighted by Gasteiger charge is 2.28.